The number of hydrogen-bond donors (Lipinski definition) is 1. The van der Waals surface area contributed by atoms with E-state index in [9.17, 15) is 9.59 Å². The van der Waals surface area contributed by atoms with E-state index >= 15 is 0 Å². The smallest absolute Gasteiger partial charge is 0.343 e. The molecule has 0 saturated carbocycles. The lowest BCUT2D eigenvalue weighted by atomic mass is 10.2. The first-order valence-corrected chi connectivity index (χ1v) is 9.84. The van der Waals surface area contributed by atoms with Crippen LogP contribution in [0.15, 0.2) is 60.8 Å². The number of anilines is 1. The molecule has 1 amide bonds. The van der Waals surface area contributed by atoms with Gasteiger partial charge in [-0.3, -0.25) is 4.79 Å². The topological polar surface area (TPSA) is 82.5 Å². The van der Waals surface area contributed by atoms with Crippen LogP contribution < -0.4 is 10.1 Å². The van der Waals surface area contributed by atoms with Crippen LogP contribution in [-0.2, 0) is 4.74 Å². The molecule has 0 aliphatic heterocycles. The van der Waals surface area contributed by atoms with Crippen molar-refractivity contribution in [3.8, 4) is 11.4 Å². The third-order valence-electron chi connectivity index (χ3n) is 4.20. The van der Waals surface area contributed by atoms with Gasteiger partial charge < -0.3 is 14.8 Å². The number of carbonyl (C=O) groups excluding carboxylic acids is 2. The number of para-hydroxylation sites is 1. The molecule has 0 atom stereocenters. The van der Waals surface area contributed by atoms with Crippen LogP contribution in [0.3, 0.4) is 0 Å². The summed E-state index contributed by atoms with van der Waals surface area (Å²) in [5.74, 6) is 0.445. The van der Waals surface area contributed by atoms with Gasteiger partial charge in [0.25, 0.3) is 5.91 Å². The number of benzene rings is 2. The van der Waals surface area contributed by atoms with E-state index in [1.165, 1.54) is 10.9 Å². The van der Waals surface area contributed by atoms with Crippen molar-refractivity contribution < 1.29 is 19.1 Å². The molecular formula is C23H25N3O4. The Balaban J connectivity index is 1.86. The number of nitrogens with one attached hydrogen (secondary N) is 1. The van der Waals surface area contributed by atoms with E-state index in [0.717, 1.165) is 0 Å². The van der Waals surface area contributed by atoms with E-state index in [1.807, 2.05) is 30.3 Å². The van der Waals surface area contributed by atoms with E-state index < -0.39 is 5.97 Å². The van der Waals surface area contributed by atoms with Gasteiger partial charge in [-0.15, -0.1) is 0 Å². The number of aromatic nitrogens is 2. The highest BCUT2D eigenvalue weighted by atomic mass is 16.5. The van der Waals surface area contributed by atoms with Crippen LogP contribution in [0.4, 0.5) is 5.82 Å². The van der Waals surface area contributed by atoms with Gasteiger partial charge in [-0.1, -0.05) is 32.0 Å². The average molecular weight is 407 g/mol. The maximum atomic E-state index is 12.9. The molecule has 1 heterocycles. The van der Waals surface area contributed by atoms with Gasteiger partial charge in [0, 0.05) is 5.56 Å². The van der Waals surface area contributed by atoms with Crippen molar-refractivity contribution in [2.45, 2.75) is 20.8 Å². The Bertz CT molecular complexity index is 995. The lowest BCUT2D eigenvalue weighted by molar-refractivity contribution is 0.0527. The molecule has 156 valence electrons. The fourth-order valence-electron chi connectivity index (χ4n) is 2.74. The summed E-state index contributed by atoms with van der Waals surface area (Å²) in [4.78, 5) is 25.2. The van der Waals surface area contributed by atoms with E-state index in [4.69, 9.17) is 9.47 Å². The van der Waals surface area contributed by atoms with Crippen LogP contribution in [0.2, 0.25) is 0 Å². The number of esters is 1. The summed E-state index contributed by atoms with van der Waals surface area (Å²) in [5.41, 5.74) is 1.33. The third-order valence-corrected chi connectivity index (χ3v) is 4.20. The Kier molecular flexibility index (Phi) is 6.85. The molecule has 0 unspecified atom stereocenters. The fraction of sp³-hybridized carbons (Fsp3) is 0.261. The Morgan fingerprint density at radius 2 is 1.77 bits per heavy atom. The largest absolute Gasteiger partial charge is 0.493 e. The second kappa shape index (κ2) is 9.73. The highest BCUT2D eigenvalue weighted by Crippen LogP contribution is 2.22. The Morgan fingerprint density at radius 3 is 2.40 bits per heavy atom. The number of amides is 1. The van der Waals surface area contributed by atoms with Crippen molar-refractivity contribution in [2.24, 2.45) is 5.92 Å². The van der Waals surface area contributed by atoms with Gasteiger partial charge in [-0.2, -0.15) is 5.10 Å². The van der Waals surface area contributed by atoms with Crippen molar-refractivity contribution in [3.05, 3.63) is 71.9 Å². The maximum absolute atomic E-state index is 12.9. The third kappa shape index (κ3) is 5.05. The summed E-state index contributed by atoms with van der Waals surface area (Å²) < 4.78 is 12.3. The van der Waals surface area contributed by atoms with Crippen molar-refractivity contribution in [3.63, 3.8) is 0 Å². The number of nitrogens with zero attached hydrogens (tertiary/aromatic N) is 2. The molecule has 2 aromatic carbocycles. The Labute approximate surface area is 175 Å². The second-order valence-corrected chi connectivity index (χ2v) is 7.06. The van der Waals surface area contributed by atoms with Gasteiger partial charge in [0.2, 0.25) is 0 Å². The summed E-state index contributed by atoms with van der Waals surface area (Å²) in [7, 11) is 0. The summed E-state index contributed by atoms with van der Waals surface area (Å²) in [5, 5.41) is 7.08. The van der Waals surface area contributed by atoms with Crippen LogP contribution >= 0.6 is 0 Å². The molecule has 3 rings (SSSR count). The molecule has 0 fully saturated rings. The van der Waals surface area contributed by atoms with Crippen molar-refractivity contribution in [1.82, 2.24) is 9.78 Å². The van der Waals surface area contributed by atoms with Gasteiger partial charge in [0.1, 0.15) is 11.3 Å². The normalized spacial score (nSPS) is 10.7. The minimum atomic E-state index is -0.549. The molecule has 0 saturated heterocycles. The fourth-order valence-corrected chi connectivity index (χ4v) is 2.74. The SMILES string of the molecule is CCOC(=O)c1cnn(-c2ccccc2)c1NC(=O)c1ccc(OCC(C)C)cc1. The Morgan fingerprint density at radius 1 is 1.07 bits per heavy atom. The first kappa shape index (κ1) is 21.1. The zero-order valence-corrected chi connectivity index (χ0v) is 17.3. The molecule has 1 aromatic heterocycles. The highest BCUT2D eigenvalue weighted by Gasteiger charge is 2.22. The summed E-state index contributed by atoms with van der Waals surface area (Å²) >= 11 is 0. The van der Waals surface area contributed by atoms with Crippen molar-refractivity contribution in [1.29, 1.82) is 0 Å². The number of hydrogen-bond acceptors (Lipinski definition) is 5. The minimum absolute atomic E-state index is 0.186. The van der Waals surface area contributed by atoms with Crippen LogP contribution in [0.25, 0.3) is 5.69 Å². The highest BCUT2D eigenvalue weighted by molar-refractivity contribution is 6.07. The van der Waals surface area contributed by atoms with Gasteiger partial charge in [0.05, 0.1) is 25.1 Å². The zero-order chi connectivity index (χ0) is 21.5. The summed E-state index contributed by atoms with van der Waals surface area (Å²) in [6, 6.07) is 16.1. The van der Waals surface area contributed by atoms with Crippen LogP contribution in [0, 0.1) is 5.92 Å². The molecular weight excluding hydrogens is 382 g/mol. The molecule has 0 spiro atoms. The Hall–Kier alpha value is -3.61. The minimum Gasteiger partial charge on any atom is -0.493 e. The lowest BCUT2D eigenvalue weighted by Gasteiger charge is -2.12. The molecule has 30 heavy (non-hydrogen) atoms. The molecule has 7 heteroatoms. The summed E-state index contributed by atoms with van der Waals surface area (Å²) in [6.45, 7) is 6.68. The molecule has 7 nitrogen and oxygen atoms in total. The second-order valence-electron chi connectivity index (χ2n) is 7.06. The quantitative estimate of drug-likeness (QED) is 0.562. The van der Waals surface area contributed by atoms with Crippen LogP contribution in [0.5, 0.6) is 5.75 Å². The number of carbonyl (C=O) groups is 2. The standard InChI is InChI=1S/C23H25N3O4/c1-4-29-23(28)20-14-24-26(18-8-6-5-7-9-18)21(20)25-22(27)17-10-12-19(13-11-17)30-15-16(2)3/h5-14,16H,4,15H2,1-3H3,(H,25,27). The predicted octanol–water partition coefficient (Wildman–Crippen LogP) is 4.34. The molecule has 0 aliphatic carbocycles. The van der Waals surface area contributed by atoms with Gasteiger partial charge in [-0.25, -0.2) is 9.48 Å². The maximum Gasteiger partial charge on any atom is 0.343 e. The van der Waals surface area contributed by atoms with Gasteiger partial charge >= 0.3 is 5.97 Å². The van der Waals surface area contributed by atoms with Crippen molar-refractivity contribution in [2.75, 3.05) is 18.5 Å². The molecule has 1 N–H and O–H groups in total. The number of rotatable bonds is 8. The molecule has 3 aromatic rings. The molecule has 0 radical (unpaired) electrons. The van der Waals surface area contributed by atoms with Crippen LogP contribution in [0.1, 0.15) is 41.5 Å². The van der Waals surface area contributed by atoms with Crippen LogP contribution in [-0.4, -0.2) is 34.9 Å². The van der Waals surface area contributed by atoms with E-state index in [1.54, 1.807) is 31.2 Å². The van der Waals surface area contributed by atoms with Crippen molar-refractivity contribution >= 4 is 17.7 Å². The van der Waals surface area contributed by atoms with Gasteiger partial charge in [0.15, 0.2) is 5.82 Å². The zero-order valence-electron chi connectivity index (χ0n) is 17.3. The molecule has 0 aliphatic rings. The number of ether oxygens (including phenoxy) is 2. The molecule has 0 bridgehead atoms. The predicted molar refractivity (Wildman–Crippen MR) is 114 cm³/mol. The first-order valence-electron chi connectivity index (χ1n) is 9.84. The van der Waals surface area contributed by atoms with E-state index in [-0.39, 0.29) is 23.9 Å². The van der Waals surface area contributed by atoms with E-state index in [0.29, 0.717) is 29.5 Å². The average Bonchev–Trinajstić information content (AvgIpc) is 3.17. The first-order chi connectivity index (χ1) is 14.5. The van der Waals surface area contributed by atoms with E-state index in [2.05, 4.69) is 24.3 Å². The lowest BCUT2D eigenvalue weighted by Crippen LogP contribution is -2.18. The monoisotopic (exact) mass is 407 g/mol. The summed E-state index contributed by atoms with van der Waals surface area (Å²) in [6.07, 6.45) is 1.39. The van der Waals surface area contributed by atoms with Gasteiger partial charge in [-0.05, 0) is 49.2 Å².